The molecule has 0 amide bonds. The zero-order valence-corrected chi connectivity index (χ0v) is 11.0. The fourth-order valence-corrected chi connectivity index (χ4v) is 3.23. The number of hydrogen-bond acceptors (Lipinski definition) is 5. The van der Waals surface area contributed by atoms with Crippen LogP contribution in [0.3, 0.4) is 0 Å². The van der Waals surface area contributed by atoms with Crippen LogP contribution in [0.5, 0.6) is 0 Å². The molecule has 0 unspecified atom stereocenters. The minimum Gasteiger partial charge on any atom is -0.309 e. The van der Waals surface area contributed by atoms with Crippen LogP contribution in [0.1, 0.15) is 24.6 Å². The van der Waals surface area contributed by atoms with Crippen molar-refractivity contribution in [3.05, 3.63) is 45.5 Å². The van der Waals surface area contributed by atoms with Gasteiger partial charge in [-0.1, -0.05) is 12.1 Å². The Kier molecular flexibility index (Phi) is 3.27. The predicted octanol–water partition coefficient (Wildman–Crippen LogP) is 3.14. The number of para-hydroxylation sites is 1. The summed E-state index contributed by atoms with van der Waals surface area (Å²) in [5.41, 5.74) is 1.71. The molecule has 0 radical (unpaired) electrons. The number of hydrogen-bond donors (Lipinski definition) is 1. The van der Waals surface area contributed by atoms with Crippen molar-refractivity contribution in [2.24, 2.45) is 0 Å². The van der Waals surface area contributed by atoms with E-state index in [9.17, 15) is 10.1 Å². The molecule has 1 aliphatic rings. The van der Waals surface area contributed by atoms with Crippen LogP contribution in [0.15, 0.2) is 29.6 Å². The lowest BCUT2D eigenvalue weighted by molar-refractivity contribution is -0.384. The Balaban J connectivity index is 1.96. The summed E-state index contributed by atoms with van der Waals surface area (Å²) >= 11 is 1.47. The lowest BCUT2D eigenvalue weighted by Gasteiger charge is -2.05. The molecule has 1 aromatic heterocycles. The number of rotatable bonds is 3. The van der Waals surface area contributed by atoms with E-state index in [1.807, 2.05) is 5.38 Å². The summed E-state index contributed by atoms with van der Waals surface area (Å²) in [6, 6.07) is 7.05. The van der Waals surface area contributed by atoms with Crippen LogP contribution in [-0.2, 0) is 0 Å². The first-order valence-corrected chi connectivity index (χ1v) is 7.06. The summed E-state index contributed by atoms with van der Waals surface area (Å²) < 4.78 is 0. The van der Waals surface area contributed by atoms with Crippen molar-refractivity contribution in [2.45, 2.75) is 18.9 Å². The maximum absolute atomic E-state index is 11.0. The molecule has 2 heterocycles. The molecule has 6 heteroatoms. The molecule has 5 nitrogen and oxygen atoms in total. The van der Waals surface area contributed by atoms with Crippen molar-refractivity contribution in [3.8, 4) is 10.6 Å². The molecule has 0 aliphatic carbocycles. The first kappa shape index (κ1) is 12.3. The summed E-state index contributed by atoms with van der Waals surface area (Å²) in [7, 11) is 0. The molecule has 2 aromatic rings. The zero-order chi connectivity index (χ0) is 13.2. The molecule has 0 bridgehead atoms. The van der Waals surface area contributed by atoms with Gasteiger partial charge in [0.25, 0.3) is 5.69 Å². The SMILES string of the molecule is O=[N+]([O-])c1ccccc1-c1nc([C@@H]2CCCN2)cs1. The third-order valence-electron chi connectivity index (χ3n) is 3.27. The number of nitrogens with zero attached hydrogens (tertiary/aromatic N) is 2. The van der Waals surface area contributed by atoms with Gasteiger partial charge < -0.3 is 5.32 Å². The Hall–Kier alpha value is -1.79. The van der Waals surface area contributed by atoms with Crippen molar-refractivity contribution in [2.75, 3.05) is 6.54 Å². The third-order valence-corrected chi connectivity index (χ3v) is 4.16. The molecule has 19 heavy (non-hydrogen) atoms. The number of nitro benzene ring substituents is 1. The summed E-state index contributed by atoms with van der Waals surface area (Å²) in [4.78, 5) is 15.2. The first-order valence-electron chi connectivity index (χ1n) is 6.18. The van der Waals surface area contributed by atoms with E-state index in [0.717, 1.165) is 30.1 Å². The van der Waals surface area contributed by atoms with E-state index in [2.05, 4.69) is 10.3 Å². The van der Waals surface area contributed by atoms with Crippen LogP contribution in [0.25, 0.3) is 10.6 Å². The molecule has 1 N–H and O–H groups in total. The fourth-order valence-electron chi connectivity index (χ4n) is 2.32. The number of benzene rings is 1. The monoisotopic (exact) mass is 275 g/mol. The highest BCUT2D eigenvalue weighted by Gasteiger charge is 2.21. The normalized spacial score (nSPS) is 18.6. The highest BCUT2D eigenvalue weighted by molar-refractivity contribution is 7.13. The molecule has 1 fully saturated rings. The summed E-state index contributed by atoms with van der Waals surface area (Å²) in [5, 5.41) is 17.1. The molecule has 3 rings (SSSR count). The van der Waals surface area contributed by atoms with Gasteiger partial charge in [-0.15, -0.1) is 11.3 Å². The molecular formula is C13H13N3O2S. The van der Waals surface area contributed by atoms with E-state index in [1.165, 1.54) is 17.4 Å². The standard InChI is InChI=1S/C13H13N3O2S/c17-16(18)12-6-2-1-4-9(12)13-15-11(8-19-13)10-5-3-7-14-10/h1-2,4,6,8,10,14H,3,5,7H2/t10-/m0/s1. The largest absolute Gasteiger partial charge is 0.309 e. The van der Waals surface area contributed by atoms with Crippen LogP contribution in [0.2, 0.25) is 0 Å². The molecule has 1 aliphatic heterocycles. The number of nitrogens with one attached hydrogen (secondary N) is 1. The number of thiazole rings is 1. The molecule has 98 valence electrons. The molecular weight excluding hydrogens is 262 g/mol. The van der Waals surface area contributed by atoms with Gasteiger partial charge in [-0.3, -0.25) is 10.1 Å². The Morgan fingerprint density at radius 2 is 2.26 bits per heavy atom. The summed E-state index contributed by atoms with van der Waals surface area (Å²) in [6.07, 6.45) is 2.24. The zero-order valence-electron chi connectivity index (χ0n) is 10.2. The van der Waals surface area contributed by atoms with Gasteiger partial charge in [0.2, 0.25) is 0 Å². The van der Waals surface area contributed by atoms with Crippen molar-refractivity contribution in [1.29, 1.82) is 0 Å². The fraction of sp³-hybridized carbons (Fsp3) is 0.308. The van der Waals surface area contributed by atoms with E-state index in [-0.39, 0.29) is 10.6 Å². The van der Waals surface area contributed by atoms with Gasteiger partial charge in [0.05, 0.1) is 22.2 Å². The van der Waals surface area contributed by atoms with Crippen LogP contribution in [0.4, 0.5) is 5.69 Å². The quantitative estimate of drug-likeness (QED) is 0.690. The lowest BCUT2D eigenvalue weighted by Crippen LogP contribution is -2.12. The second-order valence-electron chi connectivity index (χ2n) is 4.50. The second kappa shape index (κ2) is 5.07. The number of nitro groups is 1. The van der Waals surface area contributed by atoms with Crippen molar-refractivity contribution in [3.63, 3.8) is 0 Å². The smallest absolute Gasteiger partial charge is 0.279 e. The van der Waals surface area contributed by atoms with E-state index < -0.39 is 0 Å². The summed E-state index contributed by atoms with van der Waals surface area (Å²) in [6.45, 7) is 1.02. The predicted molar refractivity (Wildman–Crippen MR) is 74.2 cm³/mol. The van der Waals surface area contributed by atoms with E-state index >= 15 is 0 Å². The minimum atomic E-state index is -0.357. The van der Waals surface area contributed by atoms with E-state index in [0.29, 0.717) is 11.6 Å². The Morgan fingerprint density at radius 3 is 3.00 bits per heavy atom. The van der Waals surface area contributed by atoms with E-state index in [1.54, 1.807) is 18.2 Å². The lowest BCUT2D eigenvalue weighted by atomic mass is 10.1. The molecule has 1 atom stereocenters. The number of aromatic nitrogens is 1. The summed E-state index contributed by atoms with van der Waals surface area (Å²) in [5.74, 6) is 0. The Morgan fingerprint density at radius 1 is 1.42 bits per heavy atom. The van der Waals surface area contributed by atoms with Crippen LogP contribution >= 0.6 is 11.3 Å². The van der Waals surface area contributed by atoms with Gasteiger partial charge in [-0.05, 0) is 25.5 Å². The molecule has 1 saturated heterocycles. The van der Waals surface area contributed by atoms with Crippen LogP contribution in [-0.4, -0.2) is 16.5 Å². The van der Waals surface area contributed by atoms with Crippen molar-refractivity contribution >= 4 is 17.0 Å². The van der Waals surface area contributed by atoms with Crippen LogP contribution < -0.4 is 5.32 Å². The maximum atomic E-state index is 11.0. The minimum absolute atomic E-state index is 0.114. The molecule has 0 saturated carbocycles. The Bertz CT molecular complexity index is 605. The maximum Gasteiger partial charge on any atom is 0.279 e. The van der Waals surface area contributed by atoms with Crippen molar-refractivity contribution < 1.29 is 4.92 Å². The van der Waals surface area contributed by atoms with Gasteiger partial charge in [0, 0.05) is 11.4 Å². The van der Waals surface area contributed by atoms with Gasteiger partial charge in [0.15, 0.2) is 0 Å². The topological polar surface area (TPSA) is 68.1 Å². The van der Waals surface area contributed by atoms with E-state index in [4.69, 9.17) is 0 Å². The average Bonchev–Trinajstić information content (AvgIpc) is 3.09. The van der Waals surface area contributed by atoms with Gasteiger partial charge >= 0.3 is 0 Å². The highest BCUT2D eigenvalue weighted by atomic mass is 32.1. The first-order chi connectivity index (χ1) is 9.25. The molecule has 1 aromatic carbocycles. The third kappa shape index (κ3) is 2.36. The Labute approximate surface area is 114 Å². The van der Waals surface area contributed by atoms with Crippen molar-refractivity contribution in [1.82, 2.24) is 10.3 Å². The average molecular weight is 275 g/mol. The second-order valence-corrected chi connectivity index (χ2v) is 5.36. The van der Waals surface area contributed by atoms with Gasteiger partial charge in [-0.25, -0.2) is 4.98 Å². The van der Waals surface area contributed by atoms with Gasteiger partial charge in [0.1, 0.15) is 5.01 Å². The van der Waals surface area contributed by atoms with Gasteiger partial charge in [-0.2, -0.15) is 0 Å². The molecule has 0 spiro atoms. The van der Waals surface area contributed by atoms with Crippen LogP contribution in [0, 0.1) is 10.1 Å². The highest BCUT2D eigenvalue weighted by Crippen LogP contribution is 2.34.